The third-order valence-corrected chi connectivity index (χ3v) is 4.53. The molecule has 1 amide bonds. The Morgan fingerprint density at radius 3 is 2.41 bits per heavy atom. The summed E-state index contributed by atoms with van der Waals surface area (Å²) >= 11 is 11.9. The largest absolute Gasteiger partial charge is 0.308 e. The number of amides is 1. The fraction of sp³-hybridized carbons (Fsp3) is 0.176. The van der Waals surface area contributed by atoms with E-state index in [9.17, 15) is 9.59 Å². The second kappa shape index (κ2) is 5.75. The number of halogens is 2. The number of rotatable bonds is 2. The first kappa shape index (κ1) is 15.1. The molecule has 0 unspecified atom stereocenters. The molecule has 2 aromatic rings. The summed E-state index contributed by atoms with van der Waals surface area (Å²) in [6, 6.07) is 10.3. The van der Waals surface area contributed by atoms with Crippen molar-refractivity contribution in [2.75, 3.05) is 11.4 Å². The first-order valence-electron chi connectivity index (χ1n) is 6.88. The van der Waals surface area contributed by atoms with Gasteiger partial charge in [0.25, 0.3) is 5.91 Å². The van der Waals surface area contributed by atoms with E-state index >= 15 is 0 Å². The van der Waals surface area contributed by atoms with Gasteiger partial charge in [0.2, 0.25) is 0 Å². The molecule has 3 nitrogen and oxygen atoms in total. The number of benzene rings is 2. The summed E-state index contributed by atoms with van der Waals surface area (Å²) in [4.78, 5) is 25.8. The fourth-order valence-electron chi connectivity index (χ4n) is 2.62. The Bertz CT molecular complexity index is 786. The quantitative estimate of drug-likeness (QED) is 0.764. The lowest BCUT2D eigenvalue weighted by Gasteiger charge is -2.18. The van der Waals surface area contributed by atoms with Gasteiger partial charge in [0.15, 0.2) is 5.78 Å². The van der Waals surface area contributed by atoms with Crippen LogP contribution in [-0.4, -0.2) is 18.2 Å². The maximum Gasteiger partial charge on any atom is 0.258 e. The van der Waals surface area contributed by atoms with Crippen molar-refractivity contribution in [3.8, 4) is 0 Å². The van der Waals surface area contributed by atoms with Gasteiger partial charge >= 0.3 is 0 Å². The van der Waals surface area contributed by atoms with Crippen LogP contribution in [0.3, 0.4) is 0 Å². The van der Waals surface area contributed by atoms with E-state index in [2.05, 4.69) is 0 Å². The summed E-state index contributed by atoms with van der Waals surface area (Å²) in [7, 11) is 0. The highest BCUT2D eigenvalue weighted by Crippen LogP contribution is 2.31. The number of ketones is 1. The SMILES string of the molecule is CC(=O)c1ccc2c(c1)CCN2C(=O)c1ccc(Cl)c(Cl)c1. The monoisotopic (exact) mass is 333 g/mol. The van der Waals surface area contributed by atoms with Gasteiger partial charge in [-0.1, -0.05) is 23.2 Å². The van der Waals surface area contributed by atoms with Crippen LogP contribution in [0.5, 0.6) is 0 Å². The molecular weight excluding hydrogens is 321 g/mol. The lowest BCUT2D eigenvalue weighted by Crippen LogP contribution is -2.28. The van der Waals surface area contributed by atoms with Crippen LogP contribution in [0.4, 0.5) is 5.69 Å². The third-order valence-electron chi connectivity index (χ3n) is 3.79. The second-order valence-electron chi connectivity index (χ2n) is 5.24. The Hall–Kier alpha value is -1.84. The van der Waals surface area contributed by atoms with Crippen LogP contribution in [0.2, 0.25) is 10.0 Å². The van der Waals surface area contributed by atoms with Crippen molar-refractivity contribution < 1.29 is 9.59 Å². The summed E-state index contributed by atoms with van der Waals surface area (Å²) in [5.41, 5.74) is 3.03. The van der Waals surface area contributed by atoms with Gasteiger partial charge in [-0.25, -0.2) is 0 Å². The Morgan fingerprint density at radius 1 is 1.00 bits per heavy atom. The number of carbonyl (C=O) groups excluding carboxylic acids is 2. The minimum absolute atomic E-state index is 0.0251. The molecule has 0 aliphatic carbocycles. The normalized spacial score (nSPS) is 13.1. The van der Waals surface area contributed by atoms with Crippen molar-refractivity contribution in [2.45, 2.75) is 13.3 Å². The Morgan fingerprint density at radius 2 is 1.73 bits per heavy atom. The van der Waals surface area contributed by atoms with E-state index in [0.717, 1.165) is 17.7 Å². The van der Waals surface area contributed by atoms with Crippen molar-refractivity contribution >= 4 is 40.6 Å². The maximum atomic E-state index is 12.6. The van der Waals surface area contributed by atoms with E-state index in [1.54, 1.807) is 29.2 Å². The fourth-order valence-corrected chi connectivity index (χ4v) is 2.91. The van der Waals surface area contributed by atoms with Crippen LogP contribution in [0.25, 0.3) is 0 Å². The summed E-state index contributed by atoms with van der Waals surface area (Å²) in [6.07, 6.45) is 0.740. The van der Waals surface area contributed by atoms with Crippen LogP contribution in [0, 0.1) is 0 Å². The van der Waals surface area contributed by atoms with E-state index in [4.69, 9.17) is 23.2 Å². The lowest BCUT2D eigenvalue weighted by atomic mass is 10.1. The van der Waals surface area contributed by atoms with E-state index in [-0.39, 0.29) is 11.7 Å². The minimum atomic E-state index is -0.118. The number of nitrogens with zero attached hydrogens (tertiary/aromatic N) is 1. The van der Waals surface area contributed by atoms with Gasteiger partial charge in [-0.05, 0) is 55.3 Å². The predicted molar refractivity (Wildman–Crippen MR) is 88.3 cm³/mol. The highest BCUT2D eigenvalue weighted by molar-refractivity contribution is 6.42. The molecule has 0 N–H and O–H groups in total. The molecule has 22 heavy (non-hydrogen) atoms. The van der Waals surface area contributed by atoms with Crippen LogP contribution in [0.15, 0.2) is 36.4 Å². The van der Waals surface area contributed by atoms with Gasteiger partial charge in [-0.3, -0.25) is 9.59 Å². The van der Waals surface area contributed by atoms with Gasteiger partial charge in [0, 0.05) is 23.4 Å². The Kier molecular flexibility index (Phi) is 3.94. The zero-order valence-corrected chi connectivity index (χ0v) is 13.4. The number of anilines is 1. The maximum absolute atomic E-state index is 12.6. The summed E-state index contributed by atoms with van der Waals surface area (Å²) in [6.45, 7) is 2.13. The highest BCUT2D eigenvalue weighted by Gasteiger charge is 2.26. The second-order valence-corrected chi connectivity index (χ2v) is 6.05. The van der Waals surface area contributed by atoms with E-state index in [1.807, 2.05) is 12.1 Å². The number of fused-ring (bicyclic) bond motifs is 1. The molecule has 0 fully saturated rings. The standard InChI is InChI=1S/C17H13Cl2NO2/c1-10(21)11-3-5-16-12(8-11)6-7-20(16)17(22)13-2-4-14(18)15(19)9-13/h2-5,8-9H,6-7H2,1H3. The van der Waals surface area contributed by atoms with Gasteiger partial charge in [0.05, 0.1) is 10.0 Å². The van der Waals surface area contributed by atoms with Gasteiger partial charge in [-0.2, -0.15) is 0 Å². The molecule has 2 aromatic carbocycles. The summed E-state index contributed by atoms with van der Waals surface area (Å²) in [5, 5.41) is 0.782. The molecule has 0 radical (unpaired) electrons. The molecule has 0 bridgehead atoms. The molecule has 5 heteroatoms. The van der Waals surface area contributed by atoms with Crippen molar-refractivity contribution in [3.63, 3.8) is 0 Å². The Balaban J connectivity index is 1.94. The Labute approximate surface area is 138 Å². The molecule has 3 rings (SSSR count). The summed E-state index contributed by atoms with van der Waals surface area (Å²) < 4.78 is 0. The first-order valence-corrected chi connectivity index (χ1v) is 7.64. The first-order chi connectivity index (χ1) is 10.5. The molecule has 0 spiro atoms. The van der Waals surface area contributed by atoms with Crippen molar-refractivity contribution in [3.05, 3.63) is 63.1 Å². The highest BCUT2D eigenvalue weighted by atomic mass is 35.5. The summed E-state index contributed by atoms with van der Waals surface area (Å²) in [5.74, 6) is -0.0926. The predicted octanol–water partition coefficient (Wildman–Crippen LogP) is 4.40. The number of hydrogen-bond acceptors (Lipinski definition) is 2. The zero-order chi connectivity index (χ0) is 15.9. The molecule has 1 heterocycles. The minimum Gasteiger partial charge on any atom is -0.308 e. The molecule has 0 aromatic heterocycles. The van der Waals surface area contributed by atoms with Crippen molar-refractivity contribution in [1.29, 1.82) is 0 Å². The van der Waals surface area contributed by atoms with Crippen molar-refractivity contribution in [1.82, 2.24) is 0 Å². The van der Waals surface area contributed by atoms with E-state index in [1.165, 1.54) is 6.92 Å². The molecule has 1 aliphatic rings. The van der Waals surface area contributed by atoms with Crippen LogP contribution in [-0.2, 0) is 6.42 Å². The third kappa shape index (κ3) is 2.62. The van der Waals surface area contributed by atoms with Crippen LogP contribution >= 0.6 is 23.2 Å². The average Bonchev–Trinajstić information content (AvgIpc) is 2.92. The molecule has 1 aliphatic heterocycles. The molecule has 0 atom stereocenters. The van der Waals surface area contributed by atoms with Gasteiger partial charge in [0.1, 0.15) is 0 Å². The van der Waals surface area contributed by atoms with Crippen LogP contribution in [0.1, 0.15) is 33.2 Å². The van der Waals surface area contributed by atoms with Gasteiger partial charge in [-0.15, -0.1) is 0 Å². The molecule has 0 saturated carbocycles. The number of Topliss-reactive ketones (excluding diaryl/α,β-unsaturated/α-hetero) is 1. The number of hydrogen-bond donors (Lipinski definition) is 0. The van der Waals surface area contributed by atoms with Crippen LogP contribution < -0.4 is 4.90 Å². The molecule has 0 saturated heterocycles. The zero-order valence-electron chi connectivity index (χ0n) is 11.9. The average molecular weight is 334 g/mol. The topological polar surface area (TPSA) is 37.4 Å². The smallest absolute Gasteiger partial charge is 0.258 e. The van der Waals surface area contributed by atoms with E-state index in [0.29, 0.717) is 27.7 Å². The van der Waals surface area contributed by atoms with E-state index < -0.39 is 0 Å². The van der Waals surface area contributed by atoms with Gasteiger partial charge < -0.3 is 4.90 Å². The van der Waals surface area contributed by atoms with Crippen molar-refractivity contribution in [2.24, 2.45) is 0 Å². The number of carbonyl (C=O) groups is 2. The lowest BCUT2D eigenvalue weighted by molar-refractivity contribution is 0.0987. The molecular formula is C17H13Cl2NO2. The molecule has 112 valence electrons.